The summed E-state index contributed by atoms with van der Waals surface area (Å²) in [7, 11) is 4.08. The van der Waals surface area contributed by atoms with E-state index >= 15 is 0 Å². The van der Waals surface area contributed by atoms with Gasteiger partial charge in [-0.25, -0.2) is 0 Å². The van der Waals surface area contributed by atoms with Gasteiger partial charge in [0.25, 0.3) is 0 Å². The van der Waals surface area contributed by atoms with Crippen LogP contribution >= 0.6 is 0 Å². The average Bonchev–Trinajstić information content (AvgIpc) is 2.00. The zero-order valence-corrected chi connectivity index (χ0v) is 10.3. The lowest BCUT2D eigenvalue weighted by atomic mass is 9.99. The van der Waals surface area contributed by atoms with Gasteiger partial charge in [-0.1, -0.05) is 13.8 Å². The number of rotatable bonds is 5. The quantitative estimate of drug-likeness (QED) is 0.729. The molecule has 0 saturated carbocycles. The van der Waals surface area contributed by atoms with Gasteiger partial charge in [0.1, 0.15) is 0 Å². The number of carbonyl (C=O) groups is 1. The van der Waals surface area contributed by atoms with Gasteiger partial charge in [0.2, 0.25) is 5.91 Å². The third kappa shape index (κ3) is 5.97. The minimum atomic E-state index is -0.106. The summed E-state index contributed by atoms with van der Waals surface area (Å²) < 4.78 is 0. The molecule has 0 saturated heterocycles. The first kappa shape index (κ1) is 13.4. The number of hydrogen-bond donors (Lipinski definition) is 1. The Bertz CT molecular complexity index is 186. The molecule has 0 heterocycles. The standard InChI is InChI=1S/C11H24N2O/c1-9(2)10(14)12-11(3,4)7-8-13(5)6/h9H,7-8H2,1-6H3,(H,12,14). The largest absolute Gasteiger partial charge is 0.351 e. The lowest BCUT2D eigenvalue weighted by Gasteiger charge is -2.28. The molecular weight excluding hydrogens is 176 g/mol. The molecule has 0 aromatic heterocycles. The number of hydrogen-bond acceptors (Lipinski definition) is 2. The Balaban J connectivity index is 4.00. The van der Waals surface area contributed by atoms with Gasteiger partial charge in [-0.3, -0.25) is 4.79 Å². The Morgan fingerprint density at radius 2 is 1.86 bits per heavy atom. The summed E-state index contributed by atoms with van der Waals surface area (Å²) in [5.74, 6) is 0.197. The Morgan fingerprint density at radius 1 is 1.36 bits per heavy atom. The highest BCUT2D eigenvalue weighted by Crippen LogP contribution is 2.09. The van der Waals surface area contributed by atoms with Crippen LogP contribution in [0.25, 0.3) is 0 Å². The number of nitrogens with zero attached hydrogens (tertiary/aromatic N) is 1. The molecule has 0 unspecified atom stereocenters. The van der Waals surface area contributed by atoms with Crippen LogP contribution < -0.4 is 5.32 Å². The van der Waals surface area contributed by atoms with Crippen molar-refractivity contribution in [2.75, 3.05) is 20.6 Å². The van der Waals surface area contributed by atoms with E-state index in [-0.39, 0.29) is 17.4 Å². The van der Waals surface area contributed by atoms with E-state index in [2.05, 4.69) is 24.1 Å². The smallest absolute Gasteiger partial charge is 0.222 e. The van der Waals surface area contributed by atoms with Crippen molar-refractivity contribution in [1.82, 2.24) is 10.2 Å². The van der Waals surface area contributed by atoms with E-state index in [0.29, 0.717) is 0 Å². The van der Waals surface area contributed by atoms with E-state index in [1.807, 2.05) is 27.9 Å². The van der Waals surface area contributed by atoms with Crippen LogP contribution in [0.5, 0.6) is 0 Å². The summed E-state index contributed by atoms with van der Waals surface area (Å²) in [6.07, 6.45) is 0.971. The van der Waals surface area contributed by atoms with Gasteiger partial charge in [-0.2, -0.15) is 0 Å². The Morgan fingerprint density at radius 3 is 2.21 bits per heavy atom. The van der Waals surface area contributed by atoms with Crippen LogP contribution in [-0.2, 0) is 4.79 Å². The van der Waals surface area contributed by atoms with Gasteiger partial charge in [0.05, 0.1) is 0 Å². The summed E-state index contributed by atoms with van der Waals surface area (Å²) in [5, 5.41) is 3.05. The maximum atomic E-state index is 11.5. The summed E-state index contributed by atoms with van der Waals surface area (Å²) in [6, 6.07) is 0. The summed E-state index contributed by atoms with van der Waals surface area (Å²) in [6.45, 7) is 8.95. The predicted octanol–water partition coefficient (Wildman–Crippen LogP) is 1.49. The molecule has 84 valence electrons. The first-order valence-corrected chi connectivity index (χ1v) is 5.21. The van der Waals surface area contributed by atoms with Crippen LogP contribution in [0.1, 0.15) is 34.1 Å². The molecule has 1 amide bonds. The first-order chi connectivity index (χ1) is 6.24. The highest BCUT2D eigenvalue weighted by atomic mass is 16.2. The Hall–Kier alpha value is -0.570. The van der Waals surface area contributed by atoms with Crippen LogP contribution in [0.4, 0.5) is 0 Å². The number of nitrogens with one attached hydrogen (secondary N) is 1. The van der Waals surface area contributed by atoms with Crippen molar-refractivity contribution in [2.45, 2.75) is 39.7 Å². The van der Waals surface area contributed by atoms with Crippen molar-refractivity contribution in [3.05, 3.63) is 0 Å². The first-order valence-electron chi connectivity index (χ1n) is 5.21. The second-order valence-corrected chi connectivity index (χ2v) is 5.08. The zero-order valence-electron chi connectivity index (χ0n) is 10.3. The fraction of sp³-hybridized carbons (Fsp3) is 0.909. The molecule has 3 nitrogen and oxygen atoms in total. The third-order valence-corrected chi connectivity index (χ3v) is 2.17. The van der Waals surface area contributed by atoms with Crippen molar-refractivity contribution in [3.8, 4) is 0 Å². The zero-order chi connectivity index (χ0) is 11.4. The molecule has 0 aliphatic heterocycles. The molecule has 0 rings (SSSR count). The predicted molar refractivity (Wildman–Crippen MR) is 60.2 cm³/mol. The van der Waals surface area contributed by atoms with E-state index in [1.165, 1.54) is 0 Å². The second kappa shape index (κ2) is 5.35. The van der Waals surface area contributed by atoms with Crippen molar-refractivity contribution < 1.29 is 4.79 Å². The lowest BCUT2D eigenvalue weighted by molar-refractivity contribution is -0.125. The minimum Gasteiger partial charge on any atom is -0.351 e. The summed E-state index contributed by atoms with van der Waals surface area (Å²) in [5.41, 5.74) is -0.106. The Kier molecular flexibility index (Phi) is 5.13. The van der Waals surface area contributed by atoms with Gasteiger partial charge in [0.15, 0.2) is 0 Å². The Labute approximate surface area is 87.9 Å². The van der Waals surface area contributed by atoms with E-state index in [9.17, 15) is 4.79 Å². The monoisotopic (exact) mass is 200 g/mol. The van der Waals surface area contributed by atoms with E-state index in [1.54, 1.807) is 0 Å². The molecule has 0 radical (unpaired) electrons. The van der Waals surface area contributed by atoms with E-state index < -0.39 is 0 Å². The molecule has 0 aromatic rings. The SMILES string of the molecule is CC(C)C(=O)NC(C)(C)CCN(C)C. The van der Waals surface area contributed by atoms with Gasteiger partial charge >= 0.3 is 0 Å². The van der Waals surface area contributed by atoms with Gasteiger partial charge < -0.3 is 10.2 Å². The summed E-state index contributed by atoms with van der Waals surface area (Å²) in [4.78, 5) is 13.6. The molecule has 0 atom stereocenters. The lowest BCUT2D eigenvalue weighted by Crippen LogP contribution is -2.46. The van der Waals surface area contributed by atoms with Crippen molar-refractivity contribution in [3.63, 3.8) is 0 Å². The van der Waals surface area contributed by atoms with Crippen molar-refractivity contribution in [2.24, 2.45) is 5.92 Å². The minimum absolute atomic E-state index is 0.0635. The number of amides is 1. The van der Waals surface area contributed by atoms with E-state index in [0.717, 1.165) is 13.0 Å². The molecule has 14 heavy (non-hydrogen) atoms. The van der Waals surface area contributed by atoms with Gasteiger partial charge in [-0.05, 0) is 40.9 Å². The molecule has 0 aliphatic carbocycles. The maximum absolute atomic E-state index is 11.5. The molecule has 0 bridgehead atoms. The molecular formula is C11H24N2O. The maximum Gasteiger partial charge on any atom is 0.222 e. The highest BCUT2D eigenvalue weighted by Gasteiger charge is 2.21. The van der Waals surface area contributed by atoms with Crippen LogP contribution in [-0.4, -0.2) is 37.0 Å². The highest BCUT2D eigenvalue weighted by molar-refractivity contribution is 5.78. The summed E-state index contributed by atoms with van der Waals surface area (Å²) >= 11 is 0. The van der Waals surface area contributed by atoms with E-state index in [4.69, 9.17) is 0 Å². The fourth-order valence-electron chi connectivity index (χ4n) is 1.04. The van der Waals surface area contributed by atoms with Gasteiger partial charge in [0, 0.05) is 11.5 Å². The van der Waals surface area contributed by atoms with Crippen molar-refractivity contribution >= 4 is 5.91 Å². The molecule has 0 aliphatic rings. The average molecular weight is 200 g/mol. The number of carbonyl (C=O) groups excluding carboxylic acids is 1. The van der Waals surface area contributed by atoms with Crippen LogP contribution in [0.2, 0.25) is 0 Å². The molecule has 3 heteroatoms. The molecule has 0 aromatic carbocycles. The van der Waals surface area contributed by atoms with Gasteiger partial charge in [-0.15, -0.1) is 0 Å². The molecule has 0 fully saturated rings. The second-order valence-electron chi connectivity index (χ2n) is 5.08. The third-order valence-electron chi connectivity index (χ3n) is 2.17. The van der Waals surface area contributed by atoms with Crippen LogP contribution in [0.15, 0.2) is 0 Å². The fourth-order valence-corrected chi connectivity index (χ4v) is 1.04. The van der Waals surface area contributed by atoms with Crippen LogP contribution in [0, 0.1) is 5.92 Å². The van der Waals surface area contributed by atoms with Crippen LogP contribution in [0.3, 0.4) is 0 Å². The topological polar surface area (TPSA) is 32.3 Å². The normalized spacial score (nSPS) is 12.3. The molecule has 1 N–H and O–H groups in total. The van der Waals surface area contributed by atoms with Crippen molar-refractivity contribution in [1.29, 1.82) is 0 Å². The molecule has 0 spiro atoms.